The van der Waals surface area contributed by atoms with E-state index in [0.29, 0.717) is 29.6 Å². The molecule has 132 valence electrons. The zero-order valence-corrected chi connectivity index (χ0v) is 14.6. The van der Waals surface area contributed by atoms with Crippen molar-refractivity contribution in [3.8, 4) is 17.6 Å². The molecule has 2 aromatic rings. The van der Waals surface area contributed by atoms with Crippen LogP contribution in [0, 0.1) is 11.3 Å². The number of ether oxygens (including phenoxy) is 2. The predicted molar refractivity (Wildman–Crippen MR) is 96.5 cm³/mol. The highest BCUT2D eigenvalue weighted by molar-refractivity contribution is 6.32. The van der Waals surface area contributed by atoms with Crippen molar-refractivity contribution in [2.24, 2.45) is 0 Å². The third-order valence-corrected chi connectivity index (χ3v) is 4.05. The molecule has 0 aliphatic carbocycles. The monoisotopic (exact) mass is 369 g/mol. The first-order chi connectivity index (χ1) is 12.7. The number of carbonyl (C=O) groups is 1. The summed E-state index contributed by atoms with van der Waals surface area (Å²) < 4.78 is 10.6. The van der Waals surface area contributed by atoms with E-state index in [9.17, 15) is 4.79 Å². The second kappa shape index (κ2) is 8.37. The molecular weight excluding hydrogens is 354 g/mol. The lowest BCUT2D eigenvalue weighted by molar-refractivity contribution is -0.126. The van der Waals surface area contributed by atoms with Gasteiger partial charge in [-0.2, -0.15) is 5.26 Å². The Balaban J connectivity index is 1.73. The van der Waals surface area contributed by atoms with Crippen LogP contribution in [0.4, 0.5) is 0 Å². The minimum absolute atomic E-state index is 0.133. The van der Waals surface area contributed by atoms with Gasteiger partial charge >= 0.3 is 0 Å². The molecule has 0 unspecified atom stereocenters. The molecular formula is C19H16ClN3O3. The number of halogens is 1. The van der Waals surface area contributed by atoms with Crippen LogP contribution in [0.15, 0.2) is 42.7 Å². The van der Waals surface area contributed by atoms with Crippen molar-refractivity contribution in [3.63, 3.8) is 0 Å². The quantitative estimate of drug-likeness (QED) is 0.729. The molecule has 2 heterocycles. The van der Waals surface area contributed by atoms with Crippen LogP contribution < -0.4 is 9.47 Å². The second-order valence-corrected chi connectivity index (χ2v) is 6.01. The first-order valence-electron chi connectivity index (χ1n) is 7.99. The number of rotatable bonds is 6. The predicted octanol–water partition coefficient (Wildman–Crippen LogP) is 3.42. The van der Waals surface area contributed by atoms with E-state index in [0.717, 1.165) is 11.1 Å². The molecule has 1 aromatic heterocycles. The van der Waals surface area contributed by atoms with Crippen molar-refractivity contribution in [2.75, 3.05) is 13.3 Å². The molecule has 0 N–H and O–H groups in total. The Morgan fingerprint density at radius 1 is 1.42 bits per heavy atom. The standard InChI is InChI=1S/C19H16ClN3O3/c20-16-9-14(10-17-19(16)26-13-25-17)4-5-18(24)23(8-2-6-21)12-15-3-1-7-22-11-15/h1,3-5,7,9-11H,2,8,12-13H2/b5-4+. The van der Waals surface area contributed by atoms with Crippen LogP contribution in [0.3, 0.4) is 0 Å². The van der Waals surface area contributed by atoms with Gasteiger partial charge in [-0.1, -0.05) is 17.7 Å². The van der Waals surface area contributed by atoms with Crippen molar-refractivity contribution in [2.45, 2.75) is 13.0 Å². The summed E-state index contributed by atoms with van der Waals surface area (Å²) in [6.45, 7) is 0.866. The third kappa shape index (κ3) is 4.32. The highest BCUT2D eigenvalue weighted by Crippen LogP contribution is 2.40. The first kappa shape index (κ1) is 17.8. The number of benzene rings is 1. The Labute approximate surface area is 156 Å². The molecule has 1 amide bonds. The van der Waals surface area contributed by atoms with Crippen LogP contribution in [0.5, 0.6) is 11.5 Å². The van der Waals surface area contributed by atoms with Gasteiger partial charge in [0.1, 0.15) is 0 Å². The Morgan fingerprint density at radius 2 is 2.31 bits per heavy atom. The number of hydrogen-bond donors (Lipinski definition) is 0. The zero-order chi connectivity index (χ0) is 18.4. The minimum Gasteiger partial charge on any atom is -0.454 e. The van der Waals surface area contributed by atoms with Crippen LogP contribution in [-0.4, -0.2) is 29.1 Å². The lowest BCUT2D eigenvalue weighted by atomic mass is 10.1. The zero-order valence-electron chi connectivity index (χ0n) is 13.9. The number of carbonyl (C=O) groups excluding carboxylic acids is 1. The Hall–Kier alpha value is -3.04. The van der Waals surface area contributed by atoms with Crippen molar-refractivity contribution in [1.29, 1.82) is 5.26 Å². The smallest absolute Gasteiger partial charge is 0.246 e. The Morgan fingerprint density at radius 3 is 3.08 bits per heavy atom. The van der Waals surface area contributed by atoms with Gasteiger partial charge in [0.25, 0.3) is 0 Å². The average molecular weight is 370 g/mol. The Bertz CT molecular complexity index is 862. The van der Waals surface area contributed by atoms with E-state index in [4.69, 9.17) is 26.3 Å². The molecule has 0 fully saturated rings. The van der Waals surface area contributed by atoms with Gasteiger partial charge in [0, 0.05) is 31.6 Å². The summed E-state index contributed by atoms with van der Waals surface area (Å²) in [5.41, 5.74) is 1.63. The van der Waals surface area contributed by atoms with Crippen LogP contribution in [-0.2, 0) is 11.3 Å². The molecule has 0 saturated carbocycles. The SMILES string of the molecule is N#CCCN(Cc1cccnc1)C(=O)/C=C/c1cc(Cl)c2c(c1)OCO2. The second-order valence-electron chi connectivity index (χ2n) is 5.60. The van der Waals surface area contributed by atoms with Crippen molar-refractivity contribution in [1.82, 2.24) is 9.88 Å². The summed E-state index contributed by atoms with van der Waals surface area (Å²) in [4.78, 5) is 18.2. The number of nitriles is 1. The number of pyridine rings is 1. The lowest BCUT2D eigenvalue weighted by Gasteiger charge is -2.19. The highest BCUT2D eigenvalue weighted by Gasteiger charge is 2.18. The fourth-order valence-electron chi connectivity index (χ4n) is 2.52. The fourth-order valence-corrected chi connectivity index (χ4v) is 2.79. The molecule has 1 aliphatic rings. The van der Waals surface area contributed by atoms with E-state index in [2.05, 4.69) is 11.1 Å². The van der Waals surface area contributed by atoms with Crippen molar-refractivity contribution >= 4 is 23.6 Å². The van der Waals surface area contributed by atoms with Gasteiger partial charge in [0.05, 0.1) is 17.5 Å². The number of fused-ring (bicyclic) bond motifs is 1. The van der Waals surface area contributed by atoms with Crippen LogP contribution in [0.25, 0.3) is 6.08 Å². The maximum atomic E-state index is 12.6. The topological polar surface area (TPSA) is 75.5 Å². The van der Waals surface area contributed by atoms with Crippen LogP contribution in [0.1, 0.15) is 17.5 Å². The van der Waals surface area contributed by atoms with E-state index in [1.807, 2.05) is 12.1 Å². The summed E-state index contributed by atoms with van der Waals surface area (Å²) in [5, 5.41) is 9.27. The number of nitrogens with zero attached hydrogens (tertiary/aromatic N) is 3. The first-order valence-corrected chi connectivity index (χ1v) is 8.37. The summed E-state index contributed by atoms with van der Waals surface area (Å²) in [6, 6.07) is 9.24. The highest BCUT2D eigenvalue weighted by atomic mass is 35.5. The molecule has 0 radical (unpaired) electrons. The maximum absolute atomic E-state index is 12.6. The van der Waals surface area contributed by atoms with E-state index in [-0.39, 0.29) is 19.1 Å². The normalized spacial score (nSPS) is 12.2. The maximum Gasteiger partial charge on any atom is 0.246 e. The third-order valence-electron chi connectivity index (χ3n) is 3.77. The molecule has 7 heteroatoms. The molecule has 0 atom stereocenters. The molecule has 0 saturated heterocycles. The van der Waals surface area contributed by atoms with Gasteiger partial charge in [-0.3, -0.25) is 9.78 Å². The van der Waals surface area contributed by atoms with Gasteiger partial charge < -0.3 is 14.4 Å². The Kier molecular flexibility index (Phi) is 5.72. The summed E-state index contributed by atoms with van der Waals surface area (Å²) in [6.07, 6.45) is 6.76. The summed E-state index contributed by atoms with van der Waals surface area (Å²) in [5.74, 6) is 0.876. The van der Waals surface area contributed by atoms with Gasteiger partial charge in [0.2, 0.25) is 12.7 Å². The van der Waals surface area contributed by atoms with E-state index < -0.39 is 0 Å². The van der Waals surface area contributed by atoms with Gasteiger partial charge in [0.15, 0.2) is 11.5 Å². The van der Waals surface area contributed by atoms with Crippen LogP contribution >= 0.6 is 11.6 Å². The van der Waals surface area contributed by atoms with Gasteiger partial charge in [-0.05, 0) is 35.4 Å². The average Bonchev–Trinajstić information content (AvgIpc) is 3.13. The molecule has 0 bridgehead atoms. The fraction of sp³-hybridized carbons (Fsp3) is 0.211. The molecule has 1 aliphatic heterocycles. The van der Waals surface area contributed by atoms with E-state index in [1.165, 1.54) is 6.08 Å². The number of amides is 1. The van der Waals surface area contributed by atoms with Crippen LogP contribution in [0.2, 0.25) is 5.02 Å². The molecule has 3 rings (SSSR count). The number of aromatic nitrogens is 1. The van der Waals surface area contributed by atoms with Crippen molar-refractivity contribution < 1.29 is 14.3 Å². The lowest BCUT2D eigenvalue weighted by Crippen LogP contribution is -2.29. The molecule has 0 spiro atoms. The molecule has 6 nitrogen and oxygen atoms in total. The van der Waals surface area contributed by atoms with Gasteiger partial charge in [-0.15, -0.1) is 0 Å². The minimum atomic E-state index is -0.196. The van der Waals surface area contributed by atoms with E-state index >= 15 is 0 Å². The largest absolute Gasteiger partial charge is 0.454 e. The van der Waals surface area contributed by atoms with E-state index in [1.54, 1.807) is 35.5 Å². The molecule has 1 aromatic carbocycles. The summed E-state index contributed by atoms with van der Waals surface area (Å²) in [7, 11) is 0. The summed E-state index contributed by atoms with van der Waals surface area (Å²) >= 11 is 6.15. The van der Waals surface area contributed by atoms with Crippen molar-refractivity contribution in [3.05, 3.63) is 58.9 Å². The van der Waals surface area contributed by atoms with Gasteiger partial charge in [-0.25, -0.2) is 0 Å². The molecule has 26 heavy (non-hydrogen) atoms. The number of hydrogen-bond acceptors (Lipinski definition) is 5.